The van der Waals surface area contributed by atoms with Crippen molar-refractivity contribution in [2.24, 2.45) is 0 Å². The molecule has 1 aromatic heterocycles. The van der Waals surface area contributed by atoms with Gasteiger partial charge in [-0.05, 0) is 13.8 Å². The van der Waals surface area contributed by atoms with Crippen molar-refractivity contribution in [1.82, 2.24) is 14.9 Å². The molecule has 1 rings (SSSR count). The summed E-state index contributed by atoms with van der Waals surface area (Å²) < 4.78 is 37.1. The molecule has 1 aromatic rings. The smallest absolute Gasteiger partial charge is 0.382 e. The van der Waals surface area contributed by atoms with E-state index in [2.05, 4.69) is 9.97 Å². The van der Waals surface area contributed by atoms with Crippen LogP contribution >= 0.6 is 0 Å². The maximum atomic E-state index is 12.4. The lowest BCUT2D eigenvalue weighted by Gasteiger charge is -2.27. The Bertz CT molecular complexity index is 433. The van der Waals surface area contributed by atoms with Gasteiger partial charge in [-0.25, -0.2) is 4.98 Å². The first-order chi connectivity index (χ1) is 8.20. The number of alkyl halides is 3. The summed E-state index contributed by atoms with van der Waals surface area (Å²) in [6, 6.07) is -0.609. The summed E-state index contributed by atoms with van der Waals surface area (Å²) in [6.45, 7) is 1.65. The number of nitrogens with zero attached hydrogens (tertiary/aromatic N) is 3. The number of rotatable bonds is 3. The third-order valence-corrected chi connectivity index (χ3v) is 2.11. The van der Waals surface area contributed by atoms with Gasteiger partial charge in [-0.1, -0.05) is 0 Å². The van der Waals surface area contributed by atoms with Crippen LogP contribution in [-0.4, -0.2) is 39.5 Å². The Hall–Kier alpha value is -1.86. The van der Waals surface area contributed by atoms with E-state index >= 15 is 0 Å². The molecule has 0 atom stereocenters. The van der Waals surface area contributed by atoms with Crippen LogP contribution in [0.3, 0.4) is 0 Å². The summed E-state index contributed by atoms with van der Waals surface area (Å²) in [6.07, 6.45) is -2.17. The molecule has 0 saturated carbocycles. The first-order valence-corrected chi connectivity index (χ1v) is 5.16. The molecule has 0 radical (unpaired) electrons. The molecule has 1 amide bonds. The molecule has 0 aliphatic carbocycles. The van der Waals surface area contributed by atoms with E-state index in [1.54, 1.807) is 0 Å². The number of halogens is 3. The molecule has 5 nitrogen and oxygen atoms in total. The fraction of sp³-hybridized carbons (Fsp3) is 0.500. The summed E-state index contributed by atoms with van der Waals surface area (Å²) in [4.78, 5) is 19.8. The van der Waals surface area contributed by atoms with E-state index in [0.29, 0.717) is 4.90 Å². The number of aromatic nitrogens is 2. The molecule has 0 fully saturated rings. The van der Waals surface area contributed by atoms with Gasteiger partial charge in [0.25, 0.3) is 5.91 Å². The number of anilines is 1. The molecule has 0 unspecified atom stereocenters. The van der Waals surface area contributed by atoms with Crippen LogP contribution < -0.4 is 5.73 Å². The van der Waals surface area contributed by atoms with Gasteiger partial charge in [0.15, 0.2) is 0 Å². The topological polar surface area (TPSA) is 72.1 Å². The molecule has 0 aliphatic heterocycles. The fourth-order valence-electron chi connectivity index (χ4n) is 1.31. The van der Waals surface area contributed by atoms with Crippen molar-refractivity contribution in [3.05, 3.63) is 18.1 Å². The highest BCUT2D eigenvalue weighted by atomic mass is 19.4. The van der Waals surface area contributed by atoms with E-state index < -0.39 is 24.7 Å². The summed E-state index contributed by atoms with van der Waals surface area (Å²) in [5.41, 5.74) is 5.13. The lowest BCUT2D eigenvalue weighted by atomic mass is 10.2. The zero-order valence-corrected chi connectivity index (χ0v) is 9.90. The highest BCUT2D eigenvalue weighted by Gasteiger charge is 2.35. The first kappa shape index (κ1) is 14.2. The van der Waals surface area contributed by atoms with Crippen molar-refractivity contribution < 1.29 is 18.0 Å². The van der Waals surface area contributed by atoms with Gasteiger partial charge < -0.3 is 10.6 Å². The zero-order valence-electron chi connectivity index (χ0n) is 9.90. The molecule has 1 heterocycles. The normalized spacial score (nSPS) is 11.7. The third kappa shape index (κ3) is 3.86. The molecule has 0 aliphatic rings. The SMILES string of the molecule is CC(C)N(CC(F)(F)F)C(=O)c1cncc(N)n1. The van der Waals surface area contributed by atoms with Gasteiger partial charge in [-0.2, -0.15) is 13.2 Å². The zero-order chi connectivity index (χ0) is 13.9. The van der Waals surface area contributed by atoms with Crippen LogP contribution in [0, 0.1) is 0 Å². The predicted octanol–water partition coefficient (Wildman–Crippen LogP) is 1.47. The van der Waals surface area contributed by atoms with Gasteiger partial charge in [0.1, 0.15) is 18.1 Å². The Morgan fingerprint density at radius 3 is 2.50 bits per heavy atom. The summed E-state index contributed by atoms with van der Waals surface area (Å²) >= 11 is 0. The van der Waals surface area contributed by atoms with Crippen molar-refractivity contribution >= 4 is 11.7 Å². The van der Waals surface area contributed by atoms with E-state index in [4.69, 9.17) is 5.73 Å². The van der Waals surface area contributed by atoms with E-state index in [0.717, 1.165) is 6.20 Å². The molecule has 0 spiro atoms. The number of hydrogen-bond donors (Lipinski definition) is 1. The fourth-order valence-corrected chi connectivity index (χ4v) is 1.31. The Morgan fingerprint density at radius 1 is 1.44 bits per heavy atom. The van der Waals surface area contributed by atoms with Crippen molar-refractivity contribution in [2.75, 3.05) is 12.3 Å². The quantitative estimate of drug-likeness (QED) is 0.895. The van der Waals surface area contributed by atoms with Crippen LogP contribution in [0.2, 0.25) is 0 Å². The lowest BCUT2D eigenvalue weighted by Crippen LogP contribution is -2.43. The van der Waals surface area contributed by atoms with E-state index in [1.165, 1.54) is 20.0 Å². The number of nitrogens with two attached hydrogens (primary N) is 1. The van der Waals surface area contributed by atoms with Crippen molar-refractivity contribution in [2.45, 2.75) is 26.1 Å². The number of hydrogen-bond acceptors (Lipinski definition) is 4. The number of amides is 1. The predicted molar refractivity (Wildman–Crippen MR) is 58.7 cm³/mol. The average Bonchev–Trinajstić information content (AvgIpc) is 2.23. The second-order valence-corrected chi connectivity index (χ2v) is 3.97. The van der Waals surface area contributed by atoms with E-state index in [1.807, 2.05) is 0 Å². The first-order valence-electron chi connectivity index (χ1n) is 5.16. The second kappa shape index (κ2) is 5.19. The minimum absolute atomic E-state index is 0.0171. The Kier molecular flexibility index (Phi) is 4.10. The Balaban J connectivity index is 2.97. The largest absolute Gasteiger partial charge is 0.406 e. The van der Waals surface area contributed by atoms with Gasteiger partial charge in [-0.3, -0.25) is 9.78 Å². The molecule has 2 N–H and O–H groups in total. The minimum Gasteiger partial charge on any atom is -0.382 e. The standard InChI is InChI=1S/C10H13F3N4O/c1-6(2)17(5-10(11,12)13)9(18)7-3-15-4-8(14)16-7/h3-4,6H,5H2,1-2H3,(H2,14,16). The Morgan fingerprint density at radius 2 is 2.06 bits per heavy atom. The van der Waals surface area contributed by atoms with E-state index in [9.17, 15) is 18.0 Å². The number of carbonyl (C=O) groups is 1. The molecular weight excluding hydrogens is 249 g/mol. The lowest BCUT2D eigenvalue weighted by molar-refractivity contribution is -0.143. The summed E-state index contributed by atoms with van der Waals surface area (Å²) in [5.74, 6) is -0.862. The summed E-state index contributed by atoms with van der Waals surface area (Å²) in [7, 11) is 0. The molecule has 8 heteroatoms. The molecule has 0 saturated heterocycles. The van der Waals surface area contributed by atoms with Crippen LogP contribution in [0.15, 0.2) is 12.4 Å². The van der Waals surface area contributed by atoms with Crippen LogP contribution in [0.5, 0.6) is 0 Å². The highest BCUT2D eigenvalue weighted by molar-refractivity contribution is 5.92. The van der Waals surface area contributed by atoms with E-state index in [-0.39, 0.29) is 11.5 Å². The number of carbonyl (C=O) groups excluding carboxylic acids is 1. The van der Waals surface area contributed by atoms with Gasteiger partial charge in [0, 0.05) is 6.04 Å². The molecule has 18 heavy (non-hydrogen) atoms. The maximum Gasteiger partial charge on any atom is 0.406 e. The van der Waals surface area contributed by atoms with Crippen LogP contribution in [0.4, 0.5) is 19.0 Å². The molecular formula is C10H13F3N4O. The van der Waals surface area contributed by atoms with Gasteiger partial charge >= 0.3 is 6.18 Å². The van der Waals surface area contributed by atoms with Gasteiger partial charge in [0.2, 0.25) is 0 Å². The number of nitrogen functional groups attached to an aromatic ring is 1. The second-order valence-electron chi connectivity index (χ2n) is 3.97. The van der Waals surface area contributed by atoms with Crippen LogP contribution in [-0.2, 0) is 0 Å². The minimum atomic E-state index is -4.46. The monoisotopic (exact) mass is 262 g/mol. The van der Waals surface area contributed by atoms with Gasteiger partial charge in [-0.15, -0.1) is 0 Å². The summed E-state index contributed by atoms with van der Waals surface area (Å²) in [5, 5.41) is 0. The Labute approximate surface area is 102 Å². The van der Waals surface area contributed by atoms with Gasteiger partial charge in [0.05, 0.1) is 12.4 Å². The molecule has 0 bridgehead atoms. The third-order valence-electron chi connectivity index (χ3n) is 2.11. The average molecular weight is 262 g/mol. The van der Waals surface area contributed by atoms with Crippen molar-refractivity contribution in [3.63, 3.8) is 0 Å². The van der Waals surface area contributed by atoms with Crippen LogP contribution in [0.25, 0.3) is 0 Å². The van der Waals surface area contributed by atoms with Crippen LogP contribution in [0.1, 0.15) is 24.3 Å². The highest BCUT2D eigenvalue weighted by Crippen LogP contribution is 2.19. The molecule has 0 aromatic carbocycles. The van der Waals surface area contributed by atoms with Crippen molar-refractivity contribution in [3.8, 4) is 0 Å². The maximum absolute atomic E-state index is 12.4. The van der Waals surface area contributed by atoms with Crippen molar-refractivity contribution in [1.29, 1.82) is 0 Å². The molecule has 100 valence electrons.